The van der Waals surface area contributed by atoms with Crippen LogP contribution in [-0.2, 0) is 16.1 Å². The van der Waals surface area contributed by atoms with E-state index in [9.17, 15) is 4.79 Å². The van der Waals surface area contributed by atoms with Gasteiger partial charge >= 0.3 is 0 Å². The van der Waals surface area contributed by atoms with E-state index in [1.807, 2.05) is 17.0 Å². The molecule has 2 heterocycles. The lowest BCUT2D eigenvalue weighted by Gasteiger charge is -2.36. The lowest BCUT2D eigenvalue weighted by molar-refractivity contribution is -0.143. The SMILES string of the molecule is COC(CN)C(=O)N1CCN(Cc2ccncc2)CC1. The van der Waals surface area contributed by atoms with Crippen molar-refractivity contribution in [3.63, 3.8) is 0 Å². The van der Waals surface area contributed by atoms with Gasteiger partial charge in [0, 0.05) is 58.8 Å². The Kier molecular flexibility index (Phi) is 5.46. The molecule has 1 aliphatic rings. The molecule has 0 radical (unpaired) electrons. The molecule has 6 nitrogen and oxygen atoms in total. The zero-order valence-corrected chi connectivity index (χ0v) is 11.9. The van der Waals surface area contributed by atoms with Gasteiger partial charge in [-0.15, -0.1) is 0 Å². The number of rotatable bonds is 5. The van der Waals surface area contributed by atoms with Crippen molar-refractivity contribution in [2.45, 2.75) is 12.6 Å². The van der Waals surface area contributed by atoms with Gasteiger partial charge in [-0.1, -0.05) is 0 Å². The lowest BCUT2D eigenvalue weighted by Crippen LogP contribution is -2.52. The number of nitrogens with zero attached hydrogens (tertiary/aromatic N) is 3. The Morgan fingerprint density at radius 2 is 2.00 bits per heavy atom. The molecule has 6 heteroatoms. The predicted octanol–water partition coefficient (Wildman–Crippen LogP) is -0.300. The third kappa shape index (κ3) is 3.75. The van der Waals surface area contributed by atoms with Crippen molar-refractivity contribution < 1.29 is 9.53 Å². The molecule has 1 fully saturated rings. The largest absolute Gasteiger partial charge is 0.370 e. The number of methoxy groups -OCH3 is 1. The molecule has 0 aromatic carbocycles. The molecule has 2 rings (SSSR count). The molecule has 1 amide bonds. The van der Waals surface area contributed by atoms with Crippen LogP contribution in [0.5, 0.6) is 0 Å². The van der Waals surface area contributed by atoms with Crippen LogP contribution in [0.3, 0.4) is 0 Å². The number of hydrogen-bond acceptors (Lipinski definition) is 5. The second-order valence-electron chi connectivity index (χ2n) is 4.92. The average Bonchev–Trinajstić information content (AvgIpc) is 2.50. The summed E-state index contributed by atoms with van der Waals surface area (Å²) in [6.45, 7) is 4.32. The van der Waals surface area contributed by atoms with Crippen LogP contribution in [0.25, 0.3) is 0 Å². The first kappa shape index (κ1) is 14.9. The molecule has 1 aromatic rings. The molecule has 20 heavy (non-hydrogen) atoms. The Balaban J connectivity index is 1.82. The number of ether oxygens (including phenoxy) is 1. The molecule has 110 valence electrons. The molecule has 0 spiro atoms. The molecule has 1 saturated heterocycles. The highest BCUT2D eigenvalue weighted by Crippen LogP contribution is 2.09. The second-order valence-corrected chi connectivity index (χ2v) is 4.92. The summed E-state index contributed by atoms with van der Waals surface area (Å²) in [5.74, 6) is -0.00133. The molecule has 0 bridgehead atoms. The highest BCUT2D eigenvalue weighted by Gasteiger charge is 2.26. The van der Waals surface area contributed by atoms with E-state index in [1.54, 1.807) is 12.4 Å². The van der Waals surface area contributed by atoms with Gasteiger partial charge < -0.3 is 15.4 Å². The highest BCUT2D eigenvalue weighted by molar-refractivity contribution is 5.81. The number of piperazine rings is 1. The van der Waals surface area contributed by atoms with Crippen molar-refractivity contribution in [1.82, 2.24) is 14.8 Å². The Morgan fingerprint density at radius 1 is 1.35 bits per heavy atom. The normalized spacial score (nSPS) is 18.0. The van der Waals surface area contributed by atoms with Crippen molar-refractivity contribution in [2.24, 2.45) is 5.73 Å². The minimum atomic E-state index is -0.512. The van der Waals surface area contributed by atoms with Gasteiger partial charge in [0.05, 0.1) is 0 Å². The van der Waals surface area contributed by atoms with E-state index in [-0.39, 0.29) is 12.5 Å². The van der Waals surface area contributed by atoms with E-state index in [4.69, 9.17) is 10.5 Å². The van der Waals surface area contributed by atoms with Gasteiger partial charge in [0.1, 0.15) is 6.10 Å². The van der Waals surface area contributed by atoms with Crippen LogP contribution in [0.4, 0.5) is 0 Å². The first-order valence-electron chi connectivity index (χ1n) is 6.87. The van der Waals surface area contributed by atoms with E-state index in [0.29, 0.717) is 0 Å². The zero-order valence-electron chi connectivity index (χ0n) is 11.9. The van der Waals surface area contributed by atoms with Crippen LogP contribution in [0, 0.1) is 0 Å². The molecule has 0 saturated carbocycles. The molecular weight excluding hydrogens is 256 g/mol. The Bertz CT molecular complexity index is 414. The summed E-state index contributed by atoms with van der Waals surface area (Å²) < 4.78 is 5.10. The van der Waals surface area contributed by atoms with Gasteiger partial charge in [-0.25, -0.2) is 0 Å². The third-order valence-electron chi connectivity index (χ3n) is 3.61. The van der Waals surface area contributed by atoms with Gasteiger partial charge in [-0.3, -0.25) is 14.7 Å². The van der Waals surface area contributed by atoms with E-state index in [1.165, 1.54) is 12.7 Å². The van der Waals surface area contributed by atoms with Crippen LogP contribution in [0.15, 0.2) is 24.5 Å². The molecule has 1 atom stereocenters. The second kappa shape index (κ2) is 7.33. The summed E-state index contributed by atoms with van der Waals surface area (Å²) in [5, 5.41) is 0. The van der Waals surface area contributed by atoms with Crippen LogP contribution in [0.2, 0.25) is 0 Å². The first-order valence-corrected chi connectivity index (χ1v) is 6.87. The van der Waals surface area contributed by atoms with Crippen molar-refractivity contribution in [3.05, 3.63) is 30.1 Å². The monoisotopic (exact) mass is 278 g/mol. The minimum Gasteiger partial charge on any atom is -0.370 e. The van der Waals surface area contributed by atoms with Gasteiger partial charge in [0.2, 0.25) is 0 Å². The van der Waals surface area contributed by atoms with Gasteiger partial charge in [-0.2, -0.15) is 0 Å². The smallest absolute Gasteiger partial charge is 0.253 e. The van der Waals surface area contributed by atoms with E-state index in [2.05, 4.69) is 9.88 Å². The maximum Gasteiger partial charge on any atom is 0.253 e. The standard InChI is InChI=1S/C14H22N4O2/c1-20-13(10-15)14(19)18-8-6-17(7-9-18)11-12-2-4-16-5-3-12/h2-5,13H,6-11,15H2,1H3. The summed E-state index contributed by atoms with van der Waals surface area (Å²) >= 11 is 0. The Hall–Kier alpha value is -1.50. The number of pyridine rings is 1. The maximum atomic E-state index is 12.1. The fourth-order valence-corrected chi connectivity index (χ4v) is 2.37. The molecule has 0 aliphatic carbocycles. The number of aromatic nitrogens is 1. The van der Waals surface area contributed by atoms with Crippen LogP contribution >= 0.6 is 0 Å². The van der Waals surface area contributed by atoms with Crippen molar-refractivity contribution in [3.8, 4) is 0 Å². The predicted molar refractivity (Wildman–Crippen MR) is 75.9 cm³/mol. The highest BCUT2D eigenvalue weighted by atomic mass is 16.5. The summed E-state index contributed by atoms with van der Waals surface area (Å²) in [5.41, 5.74) is 6.78. The van der Waals surface area contributed by atoms with Crippen molar-refractivity contribution >= 4 is 5.91 Å². The van der Waals surface area contributed by atoms with E-state index >= 15 is 0 Å². The number of nitrogens with two attached hydrogens (primary N) is 1. The summed E-state index contributed by atoms with van der Waals surface area (Å²) in [6, 6.07) is 4.04. The lowest BCUT2D eigenvalue weighted by atomic mass is 10.2. The fraction of sp³-hybridized carbons (Fsp3) is 0.571. The summed E-state index contributed by atoms with van der Waals surface area (Å²) in [7, 11) is 1.52. The Labute approximate surface area is 119 Å². The molecule has 1 aliphatic heterocycles. The van der Waals surface area contributed by atoms with E-state index < -0.39 is 6.10 Å². The first-order chi connectivity index (χ1) is 9.74. The summed E-state index contributed by atoms with van der Waals surface area (Å²) in [6.07, 6.45) is 3.10. The van der Waals surface area contributed by atoms with E-state index in [0.717, 1.165) is 32.7 Å². The molecule has 2 N–H and O–H groups in total. The van der Waals surface area contributed by atoms with Crippen LogP contribution in [-0.4, -0.2) is 66.6 Å². The average molecular weight is 278 g/mol. The number of carbonyl (C=O) groups is 1. The maximum absolute atomic E-state index is 12.1. The molecule has 1 unspecified atom stereocenters. The van der Waals surface area contributed by atoms with Gasteiger partial charge in [0.15, 0.2) is 0 Å². The molecular formula is C14H22N4O2. The topological polar surface area (TPSA) is 71.7 Å². The minimum absolute atomic E-state index is 0.00133. The van der Waals surface area contributed by atoms with Gasteiger partial charge in [0.25, 0.3) is 5.91 Å². The summed E-state index contributed by atoms with van der Waals surface area (Å²) in [4.78, 5) is 20.3. The van der Waals surface area contributed by atoms with Crippen LogP contribution < -0.4 is 5.73 Å². The molecule has 1 aromatic heterocycles. The number of carbonyl (C=O) groups excluding carboxylic acids is 1. The number of hydrogen-bond donors (Lipinski definition) is 1. The fourth-order valence-electron chi connectivity index (χ4n) is 2.37. The van der Waals surface area contributed by atoms with Crippen molar-refractivity contribution in [1.29, 1.82) is 0 Å². The zero-order chi connectivity index (χ0) is 14.4. The van der Waals surface area contributed by atoms with Gasteiger partial charge in [-0.05, 0) is 17.7 Å². The number of amides is 1. The third-order valence-corrected chi connectivity index (χ3v) is 3.61. The Morgan fingerprint density at radius 3 is 2.55 bits per heavy atom. The quantitative estimate of drug-likeness (QED) is 0.800. The van der Waals surface area contributed by atoms with Crippen LogP contribution in [0.1, 0.15) is 5.56 Å². The van der Waals surface area contributed by atoms with Crippen molar-refractivity contribution in [2.75, 3.05) is 39.8 Å².